The van der Waals surface area contributed by atoms with Crippen LogP contribution >= 0.6 is 0 Å². The number of likely N-dealkylation sites (N-methyl/N-ethyl adjacent to an activating group) is 1. The van der Waals surface area contributed by atoms with Crippen molar-refractivity contribution in [2.24, 2.45) is 0 Å². The van der Waals surface area contributed by atoms with Crippen molar-refractivity contribution in [3.05, 3.63) is 64.7 Å². The molecular weight excluding hydrogens is 308 g/mol. The topological polar surface area (TPSA) is 35.5 Å². The van der Waals surface area contributed by atoms with Gasteiger partial charge in [-0.05, 0) is 67.0 Å². The predicted octanol–water partition coefficient (Wildman–Crippen LogP) is 3.84. The van der Waals surface area contributed by atoms with Crippen LogP contribution in [0.4, 0.5) is 5.69 Å². The molecule has 2 N–H and O–H groups in total. The smallest absolute Gasteiger partial charge is 0.0606 e. The molecule has 3 heteroatoms. The molecule has 25 heavy (non-hydrogen) atoms. The van der Waals surface area contributed by atoms with E-state index >= 15 is 0 Å². The highest BCUT2D eigenvalue weighted by molar-refractivity contribution is 5.46. The Kier molecular flexibility index (Phi) is 6.11. The van der Waals surface area contributed by atoms with Crippen molar-refractivity contribution in [1.82, 2.24) is 5.32 Å². The molecule has 1 aliphatic carbocycles. The summed E-state index contributed by atoms with van der Waals surface area (Å²) in [5.41, 5.74) is 6.91. The quantitative estimate of drug-likeness (QED) is 0.805. The van der Waals surface area contributed by atoms with Crippen LogP contribution in [0.25, 0.3) is 0 Å². The van der Waals surface area contributed by atoms with Gasteiger partial charge in [-0.25, -0.2) is 0 Å². The lowest BCUT2D eigenvalue weighted by molar-refractivity contribution is 0.304. The zero-order valence-electron chi connectivity index (χ0n) is 15.5. The Morgan fingerprint density at radius 3 is 2.48 bits per heavy atom. The Balaban J connectivity index is 1.57. The summed E-state index contributed by atoms with van der Waals surface area (Å²) in [6.07, 6.45) is 5.15. The first kappa shape index (κ1) is 18.0. The number of benzene rings is 2. The zero-order chi connectivity index (χ0) is 17.6. The van der Waals surface area contributed by atoms with Gasteiger partial charge in [0.25, 0.3) is 0 Å². The molecule has 0 unspecified atom stereocenters. The molecule has 2 aromatic carbocycles. The maximum Gasteiger partial charge on any atom is 0.0606 e. The Bertz CT molecular complexity index is 681. The summed E-state index contributed by atoms with van der Waals surface area (Å²) in [6, 6.07) is 15.9. The van der Waals surface area contributed by atoms with Crippen LogP contribution in [-0.2, 0) is 19.4 Å². The molecule has 0 heterocycles. The van der Waals surface area contributed by atoms with Gasteiger partial charge in [-0.2, -0.15) is 0 Å². The standard InChI is InChI=1S/C22H30N2O/c1-17(20-10-9-19-5-3-4-6-21(19)15-20)23-16-18-7-11-22(12-8-18)24(2)13-14-25/h7-12,15,17,23,25H,3-6,13-14,16H2,1-2H3/t17-/m0/s1. The van der Waals surface area contributed by atoms with E-state index in [9.17, 15) is 0 Å². The van der Waals surface area contributed by atoms with Crippen LogP contribution in [0.3, 0.4) is 0 Å². The van der Waals surface area contributed by atoms with Gasteiger partial charge in [0.15, 0.2) is 0 Å². The summed E-state index contributed by atoms with van der Waals surface area (Å²) in [4.78, 5) is 2.06. The highest BCUT2D eigenvalue weighted by Crippen LogP contribution is 2.25. The maximum atomic E-state index is 9.03. The molecule has 0 radical (unpaired) electrons. The Morgan fingerprint density at radius 1 is 1.04 bits per heavy atom. The molecule has 1 atom stereocenters. The summed E-state index contributed by atoms with van der Waals surface area (Å²) in [5, 5.41) is 12.7. The van der Waals surface area contributed by atoms with E-state index in [1.54, 1.807) is 11.1 Å². The van der Waals surface area contributed by atoms with Gasteiger partial charge in [-0.3, -0.25) is 0 Å². The Hall–Kier alpha value is -1.84. The van der Waals surface area contributed by atoms with Crippen LogP contribution in [0.1, 0.15) is 48.1 Å². The summed E-state index contributed by atoms with van der Waals surface area (Å²) < 4.78 is 0. The summed E-state index contributed by atoms with van der Waals surface area (Å²) in [6.45, 7) is 3.95. The summed E-state index contributed by atoms with van der Waals surface area (Å²) in [5.74, 6) is 0. The normalized spacial score (nSPS) is 14.8. The largest absolute Gasteiger partial charge is 0.395 e. The van der Waals surface area contributed by atoms with Crippen LogP contribution in [0, 0.1) is 0 Å². The first-order valence-electron chi connectivity index (χ1n) is 9.43. The molecule has 0 aromatic heterocycles. The predicted molar refractivity (Wildman–Crippen MR) is 105 cm³/mol. The lowest BCUT2D eigenvalue weighted by Crippen LogP contribution is -2.21. The van der Waals surface area contributed by atoms with Gasteiger partial charge in [0, 0.05) is 31.9 Å². The van der Waals surface area contributed by atoms with E-state index in [1.807, 2.05) is 7.05 Å². The van der Waals surface area contributed by atoms with Crippen LogP contribution in [0.5, 0.6) is 0 Å². The second-order valence-corrected chi connectivity index (χ2v) is 7.15. The number of aryl methyl sites for hydroxylation is 2. The molecule has 1 aliphatic rings. The van der Waals surface area contributed by atoms with Crippen molar-refractivity contribution in [3.63, 3.8) is 0 Å². The van der Waals surface area contributed by atoms with Crippen molar-refractivity contribution in [2.75, 3.05) is 25.1 Å². The van der Waals surface area contributed by atoms with Crippen LogP contribution in [0.15, 0.2) is 42.5 Å². The number of nitrogens with zero attached hydrogens (tertiary/aromatic N) is 1. The van der Waals surface area contributed by atoms with Gasteiger partial charge in [0.1, 0.15) is 0 Å². The van der Waals surface area contributed by atoms with Crippen molar-refractivity contribution < 1.29 is 5.11 Å². The van der Waals surface area contributed by atoms with E-state index < -0.39 is 0 Å². The Morgan fingerprint density at radius 2 is 1.76 bits per heavy atom. The van der Waals surface area contributed by atoms with E-state index in [-0.39, 0.29) is 6.61 Å². The molecule has 0 amide bonds. The average molecular weight is 338 g/mol. The van der Waals surface area contributed by atoms with E-state index in [2.05, 4.69) is 59.6 Å². The van der Waals surface area contributed by atoms with E-state index in [4.69, 9.17) is 5.11 Å². The third kappa shape index (κ3) is 4.62. The number of nitrogens with one attached hydrogen (secondary N) is 1. The fraction of sp³-hybridized carbons (Fsp3) is 0.455. The molecule has 2 aromatic rings. The average Bonchev–Trinajstić information content (AvgIpc) is 2.66. The molecule has 0 aliphatic heterocycles. The fourth-order valence-corrected chi connectivity index (χ4v) is 3.56. The number of anilines is 1. The molecule has 0 bridgehead atoms. The molecule has 3 rings (SSSR count). The van der Waals surface area contributed by atoms with Crippen LogP contribution in [0.2, 0.25) is 0 Å². The molecular formula is C22H30N2O. The fourth-order valence-electron chi connectivity index (χ4n) is 3.56. The molecule has 134 valence electrons. The second kappa shape index (κ2) is 8.50. The minimum atomic E-state index is 0.179. The number of fused-ring (bicyclic) bond motifs is 1. The Labute approximate surface area is 151 Å². The van der Waals surface area contributed by atoms with Crippen molar-refractivity contribution in [3.8, 4) is 0 Å². The number of hydrogen-bond donors (Lipinski definition) is 2. The maximum absolute atomic E-state index is 9.03. The summed E-state index contributed by atoms with van der Waals surface area (Å²) in [7, 11) is 2.00. The number of hydrogen-bond acceptors (Lipinski definition) is 3. The highest BCUT2D eigenvalue weighted by Gasteiger charge is 2.12. The van der Waals surface area contributed by atoms with Crippen LogP contribution < -0.4 is 10.2 Å². The van der Waals surface area contributed by atoms with Gasteiger partial charge in [0.2, 0.25) is 0 Å². The SMILES string of the molecule is C[C@H](NCc1ccc(N(C)CCO)cc1)c1ccc2c(c1)CCCC2. The first-order chi connectivity index (χ1) is 12.2. The number of aliphatic hydroxyl groups excluding tert-OH is 1. The molecule has 0 fully saturated rings. The minimum Gasteiger partial charge on any atom is -0.395 e. The summed E-state index contributed by atoms with van der Waals surface area (Å²) >= 11 is 0. The van der Waals surface area contributed by atoms with Crippen LogP contribution in [-0.4, -0.2) is 25.3 Å². The van der Waals surface area contributed by atoms with Crippen molar-refractivity contribution >= 4 is 5.69 Å². The van der Waals surface area contributed by atoms with Gasteiger partial charge < -0.3 is 15.3 Å². The third-order valence-electron chi connectivity index (χ3n) is 5.30. The lowest BCUT2D eigenvalue weighted by atomic mass is 9.89. The third-order valence-corrected chi connectivity index (χ3v) is 5.30. The monoisotopic (exact) mass is 338 g/mol. The second-order valence-electron chi connectivity index (χ2n) is 7.15. The number of rotatable bonds is 7. The first-order valence-corrected chi connectivity index (χ1v) is 9.43. The molecule has 0 spiro atoms. The van der Waals surface area contributed by atoms with Gasteiger partial charge >= 0.3 is 0 Å². The number of aliphatic hydroxyl groups is 1. The molecule has 0 saturated heterocycles. The van der Waals surface area contributed by atoms with E-state index in [0.29, 0.717) is 12.6 Å². The molecule has 3 nitrogen and oxygen atoms in total. The zero-order valence-corrected chi connectivity index (χ0v) is 15.5. The van der Waals surface area contributed by atoms with Crippen molar-refractivity contribution in [2.45, 2.75) is 45.2 Å². The van der Waals surface area contributed by atoms with Gasteiger partial charge in [0.05, 0.1) is 6.61 Å². The van der Waals surface area contributed by atoms with Crippen molar-refractivity contribution in [1.29, 1.82) is 0 Å². The van der Waals surface area contributed by atoms with Gasteiger partial charge in [-0.1, -0.05) is 30.3 Å². The molecule has 0 saturated carbocycles. The van der Waals surface area contributed by atoms with E-state index in [1.165, 1.54) is 36.8 Å². The highest BCUT2D eigenvalue weighted by atomic mass is 16.3. The minimum absolute atomic E-state index is 0.179. The van der Waals surface area contributed by atoms with Gasteiger partial charge in [-0.15, -0.1) is 0 Å². The van der Waals surface area contributed by atoms with E-state index in [0.717, 1.165) is 12.2 Å². The lowest BCUT2D eigenvalue weighted by Gasteiger charge is -2.21.